The lowest BCUT2D eigenvalue weighted by Gasteiger charge is -2.17. The quantitative estimate of drug-likeness (QED) is 0.821. The van der Waals surface area contributed by atoms with Gasteiger partial charge in [0.05, 0.1) is 13.0 Å². The zero-order chi connectivity index (χ0) is 19.4. The number of amides is 1. The highest BCUT2D eigenvalue weighted by molar-refractivity contribution is 6.30. The average molecular weight is 390 g/mol. The fourth-order valence-electron chi connectivity index (χ4n) is 3.23. The minimum absolute atomic E-state index is 0.156. The summed E-state index contributed by atoms with van der Waals surface area (Å²) in [5, 5.41) is 10.1. The molecule has 1 saturated heterocycles. The molecule has 1 fully saturated rings. The summed E-state index contributed by atoms with van der Waals surface area (Å²) >= 11 is 5.91. The van der Waals surface area contributed by atoms with E-state index < -0.39 is 11.9 Å². The van der Waals surface area contributed by atoms with Crippen LogP contribution in [-0.4, -0.2) is 48.7 Å². The standard InChI is InChI=1S/C20H20ClNO5/c1-26-15-3-2-4-16(9-15)27-12-19(23)22-10-17(18(11-22)20(24)25)13-5-7-14(21)8-6-13/h2-9,17-18H,10-12H2,1H3,(H,24,25)/t17-,18+/m0/s1. The topological polar surface area (TPSA) is 76.1 Å². The smallest absolute Gasteiger partial charge is 0.308 e. The zero-order valence-corrected chi connectivity index (χ0v) is 15.6. The van der Waals surface area contributed by atoms with Crippen molar-refractivity contribution in [3.63, 3.8) is 0 Å². The Balaban J connectivity index is 1.66. The van der Waals surface area contributed by atoms with Gasteiger partial charge in [-0.05, 0) is 29.8 Å². The van der Waals surface area contributed by atoms with Crippen molar-refractivity contribution < 1.29 is 24.2 Å². The van der Waals surface area contributed by atoms with Crippen molar-refractivity contribution >= 4 is 23.5 Å². The minimum atomic E-state index is -0.918. The number of methoxy groups -OCH3 is 1. The second-order valence-electron chi connectivity index (χ2n) is 6.37. The lowest BCUT2D eigenvalue weighted by molar-refractivity contribution is -0.142. The predicted molar refractivity (Wildman–Crippen MR) is 100 cm³/mol. The molecule has 0 bridgehead atoms. The van der Waals surface area contributed by atoms with Gasteiger partial charge >= 0.3 is 5.97 Å². The number of carboxylic acids is 1. The lowest BCUT2D eigenvalue weighted by Crippen LogP contribution is -2.33. The SMILES string of the molecule is COc1cccc(OCC(=O)N2C[C@@H](C(=O)O)[C@H](c3ccc(Cl)cc3)C2)c1. The minimum Gasteiger partial charge on any atom is -0.497 e. The van der Waals surface area contributed by atoms with Gasteiger partial charge in [0, 0.05) is 30.1 Å². The fourth-order valence-corrected chi connectivity index (χ4v) is 3.36. The summed E-state index contributed by atoms with van der Waals surface area (Å²) in [4.78, 5) is 25.7. The normalized spacial score (nSPS) is 19.0. The first-order valence-corrected chi connectivity index (χ1v) is 8.88. The van der Waals surface area contributed by atoms with Crippen LogP contribution >= 0.6 is 11.6 Å². The first-order valence-electron chi connectivity index (χ1n) is 8.51. The molecule has 0 aromatic heterocycles. The Bertz CT molecular complexity index is 823. The number of hydrogen-bond acceptors (Lipinski definition) is 4. The third-order valence-corrected chi connectivity index (χ3v) is 4.94. The van der Waals surface area contributed by atoms with Crippen LogP contribution in [0.25, 0.3) is 0 Å². The molecule has 27 heavy (non-hydrogen) atoms. The first kappa shape index (κ1) is 19.0. The molecule has 1 aliphatic rings. The van der Waals surface area contributed by atoms with Crippen LogP contribution in [0.5, 0.6) is 11.5 Å². The van der Waals surface area contributed by atoms with Crippen molar-refractivity contribution in [2.45, 2.75) is 5.92 Å². The van der Waals surface area contributed by atoms with Crippen LogP contribution in [0.4, 0.5) is 0 Å². The maximum Gasteiger partial charge on any atom is 0.308 e. The van der Waals surface area contributed by atoms with E-state index in [0.717, 1.165) is 5.56 Å². The number of carboxylic acid groups (broad SMARTS) is 1. The maximum atomic E-state index is 12.5. The molecule has 0 spiro atoms. The molecule has 142 valence electrons. The first-order chi connectivity index (χ1) is 13.0. The summed E-state index contributed by atoms with van der Waals surface area (Å²) < 4.78 is 10.7. The Kier molecular flexibility index (Phi) is 5.86. The van der Waals surface area contributed by atoms with E-state index >= 15 is 0 Å². The van der Waals surface area contributed by atoms with Crippen molar-refractivity contribution in [2.75, 3.05) is 26.8 Å². The molecule has 0 saturated carbocycles. The van der Waals surface area contributed by atoms with E-state index in [1.54, 1.807) is 43.5 Å². The number of ether oxygens (including phenoxy) is 2. The second-order valence-corrected chi connectivity index (χ2v) is 6.81. The molecule has 2 aromatic rings. The van der Waals surface area contributed by atoms with E-state index in [9.17, 15) is 14.7 Å². The molecule has 0 radical (unpaired) electrons. The van der Waals surface area contributed by atoms with Crippen LogP contribution in [0.3, 0.4) is 0 Å². The number of aliphatic carboxylic acids is 1. The summed E-state index contributed by atoms with van der Waals surface area (Å²) in [6.45, 7) is 0.328. The molecular formula is C20H20ClNO5. The molecule has 1 amide bonds. The lowest BCUT2D eigenvalue weighted by atomic mass is 9.89. The van der Waals surface area contributed by atoms with E-state index in [-0.39, 0.29) is 25.0 Å². The van der Waals surface area contributed by atoms with Crippen LogP contribution < -0.4 is 9.47 Å². The second kappa shape index (κ2) is 8.31. The molecule has 1 N–H and O–H groups in total. The summed E-state index contributed by atoms with van der Waals surface area (Å²) in [6, 6.07) is 14.0. The number of halogens is 1. The Labute approximate surface area is 162 Å². The van der Waals surface area contributed by atoms with E-state index in [4.69, 9.17) is 21.1 Å². The largest absolute Gasteiger partial charge is 0.497 e. The van der Waals surface area contributed by atoms with Crippen molar-refractivity contribution in [3.05, 3.63) is 59.1 Å². The molecule has 2 atom stereocenters. The average Bonchev–Trinajstić information content (AvgIpc) is 3.13. The Morgan fingerprint density at radius 2 is 1.85 bits per heavy atom. The van der Waals surface area contributed by atoms with Crippen LogP contribution in [-0.2, 0) is 9.59 Å². The molecule has 1 heterocycles. The number of rotatable bonds is 6. The van der Waals surface area contributed by atoms with Crippen LogP contribution in [0, 0.1) is 5.92 Å². The number of benzene rings is 2. The van der Waals surface area contributed by atoms with Crippen molar-refractivity contribution in [1.82, 2.24) is 4.90 Å². The zero-order valence-electron chi connectivity index (χ0n) is 14.8. The van der Waals surface area contributed by atoms with Gasteiger partial charge in [0.2, 0.25) is 0 Å². The van der Waals surface area contributed by atoms with Crippen molar-refractivity contribution in [3.8, 4) is 11.5 Å². The molecular weight excluding hydrogens is 370 g/mol. The maximum absolute atomic E-state index is 12.5. The Morgan fingerprint density at radius 3 is 2.52 bits per heavy atom. The Hall–Kier alpha value is -2.73. The molecule has 0 unspecified atom stereocenters. The van der Waals surface area contributed by atoms with E-state index in [0.29, 0.717) is 23.1 Å². The van der Waals surface area contributed by atoms with Gasteiger partial charge in [-0.3, -0.25) is 9.59 Å². The highest BCUT2D eigenvalue weighted by Crippen LogP contribution is 2.33. The van der Waals surface area contributed by atoms with Gasteiger partial charge in [-0.1, -0.05) is 29.8 Å². The molecule has 0 aliphatic carbocycles. The number of carbonyl (C=O) groups excluding carboxylic acids is 1. The third-order valence-electron chi connectivity index (χ3n) is 4.69. The van der Waals surface area contributed by atoms with E-state index in [2.05, 4.69) is 0 Å². The molecule has 7 heteroatoms. The van der Waals surface area contributed by atoms with Gasteiger partial charge in [0.25, 0.3) is 5.91 Å². The van der Waals surface area contributed by atoms with Crippen molar-refractivity contribution in [2.24, 2.45) is 5.92 Å². The monoisotopic (exact) mass is 389 g/mol. The van der Waals surface area contributed by atoms with Crippen LogP contribution in [0.15, 0.2) is 48.5 Å². The molecule has 1 aliphatic heterocycles. The number of likely N-dealkylation sites (tertiary alicyclic amines) is 1. The van der Waals surface area contributed by atoms with E-state index in [1.807, 2.05) is 12.1 Å². The highest BCUT2D eigenvalue weighted by atomic mass is 35.5. The molecule has 3 rings (SSSR count). The fraction of sp³-hybridized carbons (Fsp3) is 0.300. The number of carbonyl (C=O) groups is 2. The predicted octanol–water partition coefficient (Wildman–Crippen LogP) is 3.05. The summed E-state index contributed by atoms with van der Waals surface area (Å²) in [5.74, 6) is -0.951. The summed E-state index contributed by atoms with van der Waals surface area (Å²) in [7, 11) is 1.55. The Morgan fingerprint density at radius 1 is 1.15 bits per heavy atom. The molecule has 6 nitrogen and oxygen atoms in total. The van der Waals surface area contributed by atoms with Crippen LogP contribution in [0.2, 0.25) is 5.02 Å². The summed E-state index contributed by atoms with van der Waals surface area (Å²) in [6.07, 6.45) is 0. The van der Waals surface area contributed by atoms with Gasteiger partial charge < -0.3 is 19.5 Å². The van der Waals surface area contributed by atoms with Crippen molar-refractivity contribution in [1.29, 1.82) is 0 Å². The van der Waals surface area contributed by atoms with Gasteiger partial charge in [-0.15, -0.1) is 0 Å². The number of hydrogen-bond donors (Lipinski definition) is 1. The van der Waals surface area contributed by atoms with Gasteiger partial charge in [0.15, 0.2) is 6.61 Å². The van der Waals surface area contributed by atoms with E-state index in [1.165, 1.54) is 4.90 Å². The van der Waals surface area contributed by atoms with Gasteiger partial charge in [-0.25, -0.2) is 0 Å². The number of nitrogens with zero attached hydrogens (tertiary/aromatic N) is 1. The highest BCUT2D eigenvalue weighted by Gasteiger charge is 2.40. The third kappa shape index (κ3) is 4.52. The molecule has 2 aromatic carbocycles. The van der Waals surface area contributed by atoms with Gasteiger partial charge in [-0.2, -0.15) is 0 Å². The van der Waals surface area contributed by atoms with Crippen LogP contribution in [0.1, 0.15) is 11.5 Å². The summed E-state index contributed by atoms with van der Waals surface area (Å²) in [5.41, 5.74) is 0.857. The van der Waals surface area contributed by atoms with Gasteiger partial charge in [0.1, 0.15) is 11.5 Å².